The number of ether oxygens (including phenoxy) is 1. The first-order chi connectivity index (χ1) is 15.2. The number of nitrogens with zero attached hydrogens (tertiary/aromatic N) is 1. The number of carbonyl (C=O) groups excluding carboxylic acids is 3. The van der Waals surface area contributed by atoms with Crippen LogP contribution in [0.1, 0.15) is 40.6 Å². The molecule has 180 valence electrons. The lowest BCUT2D eigenvalue weighted by atomic mass is 10.0. The lowest BCUT2D eigenvalue weighted by molar-refractivity contribution is -0.924. The van der Waals surface area contributed by atoms with Gasteiger partial charge in [0.15, 0.2) is 0 Å². The number of halogens is 2. The van der Waals surface area contributed by atoms with Gasteiger partial charge >= 0.3 is 12.0 Å². The van der Waals surface area contributed by atoms with Gasteiger partial charge in [-0.1, -0.05) is 11.6 Å². The summed E-state index contributed by atoms with van der Waals surface area (Å²) in [5.74, 6) is -0.732. The minimum atomic E-state index is -0.553. The Balaban J connectivity index is 0.00000385. The van der Waals surface area contributed by atoms with Crippen LogP contribution in [0.25, 0.3) is 0 Å². The van der Waals surface area contributed by atoms with Gasteiger partial charge in [0.05, 0.1) is 43.6 Å². The Bertz CT molecular complexity index is 1010. The average Bonchev–Trinajstić information content (AvgIpc) is 3.06. The summed E-state index contributed by atoms with van der Waals surface area (Å²) in [5, 5.41) is 6.53. The molecule has 0 spiro atoms. The molecule has 0 bridgehead atoms. The Morgan fingerprint density at radius 1 is 1.21 bits per heavy atom. The molecule has 4 N–H and O–H groups in total. The molecule has 1 aromatic heterocycles. The van der Waals surface area contributed by atoms with E-state index in [2.05, 4.69) is 17.7 Å². The number of fused-ring (bicyclic) bond motifs is 1. The van der Waals surface area contributed by atoms with Crippen molar-refractivity contribution in [1.29, 1.82) is 0 Å². The molecule has 33 heavy (non-hydrogen) atoms. The molecule has 1 aromatic carbocycles. The Morgan fingerprint density at radius 2 is 1.91 bits per heavy atom. The first-order valence-electron chi connectivity index (χ1n) is 10.5. The van der Waals surface area contributed by atoms with Crippen molar-refractivity contribution in [3.8, 4) is 0 Å². The average molecular weight is 607 g/mol. The van der Waals surface area contributed by atoms with Gasteiger partial charge in [-0.2, -0.15) is 0 Å². The van der Waals surface area contributed by atoms with E-state index in [4.69, 9.17) is 22.1 Å². The standard InChI is InChI=1S/C22H27ClN4O4S.HI/c1-3-31-18(28)5-4-11-27(2)12-10-16-17(13-27)32-21(19(16)20(24)29)26-22(30)25-15-8-6-14(23)7-9-15;/h6-9H,3-5,10-13H2,1-2H3,(H3-,24,25,26,29,30);1H. The number of nitrogens with two attached hydrogens (primary N) is 1. The number of benzene rings is 1. The summed E-state index contributed by atoms with van der Waals surface area (Å²) in [6.07, 6.45) is 1.80. The highest BCUT2D eigenvalue weighted by Crippen LogP contribution is 2.38. The van der Waals surface area contributed by atoms with E-state index < -0.39 is 11.9 Å². The van der Waals surface area contributed by atoms with E-state index in [9.17, 15) is 14.4 Å². The largest absolute Gasteiger partial charge is 1.00 e. The van der Waals surface area contributed by atoms with Crippen LogP contribution in [-0.2, 0) is 22.5 Å². The maximum atomic E-state index is 12.5. The zero-order valence-electron chi connectivity index (χ0n) is 18.6. The molecule has 1 atom stereocenters. The summed E-state index contributed by atoms with van der Waals surface area (Å²) in [4.78, 5) is 37.3. The number of hydrogen-bond acceptors (Lipinski definition) is 5. The van der Waals surface area contributed by atoms with E-state index in [-0.39, 0.29) is 29.9 Å². The summed E-state index contributed by atoms with van der Waals surface area (Å²) in [6, 6.07) is 6.28. The van der Waals surface area contributed by atoms with Crippen LogP contribution >= 0.6 is 22.9 Å². The molecule has 11 heteroatoms. The summed E-state index contributed by atoms with van der Waals surface area (Å²) >= 11 is 7.25. The van der Waals surface area contributed by atoms with E-state index in [0.717, 1.165) is 34.4 Å². The van der Waals surface area contributed by atoms with E-state index >= 15 is 0 Å². The number of urea groups is 1. The number of primary amides is 1. The van der Waals surface area contributed by atoms with Gasteiger partial charge in [-0.3, -0.25) is 14.9 Å². The number of esters is 1. The Kier molecular flexibility index (Phi) is 9.95. The molecular weight excluding hydrogens is 579 g/mol. The lowest BCUT2D eigenvalue weighted by Crippen LogP contribution is -3.00. The van der Waals surface area contributed by atoms with Crippen LogP contribution in [0.3, 0.4) is 0 Å². The van der Waals surface area contributed by atoms with Gasteiger partial charge in [0.1, 0.15) is 11.5 Å². The van der Waals surface area contributed by atoms with Crippen LogP contribution in [0.5, 0.6) is 0 Å². The van der Waals surface area contributed by atoms with Gasteiger partial charge in [0.2, 0.25) is 0 Å². The van der Waals surface area contributed by atoms with Gasteiger partial charge in [-0.25, -0.2) is 4.79 Å². The molecule has 3 amide bonds. The van der Waals surface area contributed by atoms with Gasteiger partial charge in [0.25, 0.3) is 5.91 Å². The Hall–Kier alpha value is -1.89. The van der Waals surface area contributed by atoms with E-state index in [1.54, 1.807) is 31.2 Å². The molecule has 1 aliphatic heterocycles. The zero-order chi connectivity index (χ0) is 23.3. The second kappa shape index (κ2) is 12.0. The van der Waals surface area contributed by atoms with Crippen molar-refractivity contribution in [2.24, 2.45) is 5.73 Å². The number of thiophene rings is 1. The molecule has 3 rings (SSSR count). The molecule has 0 saturated heterocycles. The third-order valence-corrected chi connectivity index (χ3v) is 6.86. The monoisotopic (exact) mass is 606 g/mol. The van der Waals surface area contributed by atoms with Crippen molar-refractivity contribution < 1.29 is 47.6 Å². The fraction of sp³-hybridized carbons (Fsp3) is 0.409. The van der Waals surface area contributed by atoms with E-state index in [0.29, 0.717) is 47.3 Å². The topological polar surface area (TPSA) is 111 Å². The van der Waals surface area contributed by atoms with Crippen LogP contribution < -0.4 is 40.3 Å². The second-order valence-corrected chi connectivity index (χ2v) is 9.58. The van der Waals surface area contributed by atoms with Crippen molar-refractivity contribution in [3.05, 3.63) is 45.3 Å². The minimum absolute atomic E-state index is 0. The number of nitrogens with one attached hydrogen (secondary N) is 2. The van der Waals surface area contributed by atoms with Crippen molar-refractivity contribution in [3.63, 3.8) is 0 Å². The molecule has 8 nitrogen and oxygen atoms in total. The molecule has 0 radical (unpaired) electrons. The van der Waals surface area contributed by atoms with Crippen LogP contribution in [0.4, 0.5) is 15.5 Å². The molecule has 1 aliphatic rings. The molecule has 1 unspecified atom stereocenters. The fourth-order valence-electron chi connectivity index (χ4n) is 3.89. The minimum Gasteiger partial charge on any atom is -1.00 e. The highest BCUT2D eigenvalue weighted by molar-refractivity contribution is 7.17. The maximum Gasteiger partial charge on any atom is 0.324 e. The predicted molar refractivity (Wildman–Crippen MR) is 126 cm³/mol. The lowest BCUT2D eigenvalue weighted by Gasteiger charge is -2.37. The first-order valence-corrected chi connectivity index (χ1v) is 11.7. The molecule has 2 heterocycles. The molecule has 2 aromatic rings. The molecular formula is C22H28ClIN4O4S. The third-order valence-electron chi connectivity index (χ3n) is 5.48. The van der Waals surface area contributed by atoms with Crippen LogP contribution in [0.15, 0.2) is 24.3 Å². The van der Waals surface area contributed by atoms with E-state index in [1.807, 2.05) is 0 Å². The summed E-state index contributed by atoms with van der Waals surface area (Å²) in [7, 11) is 2.14. The van der Waals surface area contributed by atoms with Gasteiger partial charge in [0, 0.05) is 23.6 Å². The number of amides is 3. The summed E-state index contributed by atoms with van der Waals surface area (Å²) < 4.78 is 5.75. The number of anilines is 2. The molecule has 0 fully saturated rings. The van der Waals surface area contributed by atoms with Gasteiger partial charge < -0.3 is 44.2 Å². The Morgan fingerprint density at radius 3 is 2.55 bits per heavy atom. The summed E-state index contributed by atoms with van der Waals surface area (Å²) in [5.41, 5.74) is 7.54. The number of quaternary nitrogens is 1. The van der Waals surface area contributed by atoms with E-state index in [1.165, 1.54) is 11.3 Å². The second-order valence-electron chi connectivity index (χ2n) is 8.04. The predicted octanol–water partition coefficient (Wildman–Crippen LogP) is 0.994. The van der Waals surface area contributed by atoms with Gasteiger partial charge in [-0.05, 0) is 36.8 Å². The molecule has 0 aliphatic carbocycles. The Labute approximate surface area is 219 Å². The number of rotatable bonds is 8. The number of likely N-dealkylation sites (N-methyl/N-ethyl adjacent to an activating group) is 1. The van der Waals surface area contributed by atoms with Crippen molar-refractivity contribution >= 4 is 51.5 Å². The summed E-state index contributed by atoms with van der Waals surface area (Å²) in [6.45, 7) is 4.54. The van der Waals surface area contributed by atoms with Gasteiger partial charge in [-0.15, -0.1) is 11.3 Å². The SMILES string of the molecule is CCOC(=O)CCC[N+]1(C)CCc2c(sc(NC(=O)Nc3ccc(Cl)cc3)c2C(N)=O)C1.[I-]. The highest BCUT2D eigenvalue weighted by atomic mass is 127. The number of carbonyl (C=O) groups is 3. The fourth-order valence-corrected chi connectivity index (χ4v) is 5.43. The van der Waals surface area contributed by atoms with Crippen molar-refractivity contribution in [1.82, 2.24) is 0 Å². The van der Waals surface area contributed by atoms with Crippen molar-refractivity contribution in [2.45, 2.75) is 32.7 Å². The highest BCUT2D eigenvalue weighted by Gasteiger charge is 2.34. The first kappa shape index (κ1) is 27.4. The maximum absolute atomic E-state index is 12.5. The van der Waals surface area contributed by atoms with Crippen molar-refractivity contribution in [2.75, 3.05) is 37.4 Å². The van der Waals surface area contributed by atoms with Crippen LogP contribution in [0, 0.1) is 0 Å². The third kappa shape index (κ3) is 7.29. The molecule has 0 saturated carbocycles. The van der Waals surface area contributed by atoms with Crippen LogP contribution in [-0.4, -0.2) is 49.1 Å². The zero-order valence-corrected chi connectivity index (χ0v) is 22.3. The smallest absolute Gasteiger partial charge is 0.324 e. The normalized spacial score (nSPS) is 16.8. The number of hydrogen-bond donors (Lipinski definition) is 3. The van der Waals surface area contributed by atoms with Crippen LogP contribution in [0.2, 0.25) is 5.02 Å². The quantitative estimate of drug-likeness (QED) is 0.237.